The molecule has 1 fully saturated rings. The van der Waals surface area contributed by atoms with Gasteiger partial charge in [0.1, 0.15) is 5.75 Å². The fourth-order valence-corrected chi connectivity index (χ4v) is 4.20. The molecule has 0 N–H and O–H groups in total. The van der Waals surface area contributed by atoms with Crippen molar-refractivity contribution in [2.75, 3.05) is 32.3 Å². The second-order valence-corrected chi connectivity index (χ2v) is 7.41. The maximum absolute atomic E-state index is 13.1. The average molecular weight is 410 g/mol. The topological polar surface area (TPSA) is 68.3 Å². The van der Waals surface area contributed by atoms with Gasteiger partial charge in [-0.05, 0) is 60.9 Å². The van der Waals surface area contributed by atoms with Crippen molar-refractivity contribution in [3.05, 3.63) is 47.5 Å². The number of fused-ring (bicyclic) bond motifs is 1. The van der Waals surface area contributed by atoms with E-state index in [0.29, 0.717) is 42.6 Å². The molecule has 7 nitrogen and oxygen atoms in total. The van der Waals surface area contributed by atoms with Crippen molar-refractivity contribution in [1.29, 1.82) is 0 Å². The highest BCUT2D eigenvalue weighted by atomic mass is 16.5. The highest BCUT2D eigenvalue weighted by Crippen LogP contribution is 2.35. The fraction of sp³-hybridized carbons (Fsp3) is 0.391. The zero-order chi connectivity index (χ0) is 21.3. The lowest BCUT2D eigenvalue weighted by molar-refractivity contribution is -0.123. The molecule has 2 heterocycles. The van der Waals surface area contributed by atoms with E-state index in [0.717, 1.165) is 12.0 Å². The van der Waals surface area contributed by atoms with E-state index in [2.05, 4.69) is 4.90 Å². The standard InChI is InChI=1S/C23H26N2O5/c1-4-30-18-7-5-17(6-8-18)25-22(26)13-19(23(25)27)24-10-9-15-11-20(28-2)21(29-3)12-16(15)14-24/h5-8,11-12,19H,4,9-10,13-14H2,1-3H3/t19-/m0/s1. The molecule has 0 radical (unpaired) electrons. The van der Waals surface area contributed by atoms with Crippen molar-refractivity contribution >= 4 is 17.5 Å². The summed E-state index contributed by atoms with van der Waals surface area (Å²) in [7, 11) is 3.23. The number of hydrogen-bond acceptors (Lipinski definition) is 6. The summed E-state index contributed by atoms with van der Waals surface area (Å²) in [4.78, 5) is 29.2. The smallest absolute Gasteiger partial charge is 0.251 e. The molecule has 2 aromatic carbocycles. The van der Waals surface area contributed by atoms with Gasteiger partial charge in [0.2, 0.25) is 5.91 Å². The van der Waals surface area contributed by atoms with Crippen LogP contribution >= 0.6 is 0 Å². The van der Waals surface area contributed by atoms with E-state index in [1.54, 1.807) is 38.5 Å². The number of anilines is 1. The van der Waals surface area contributed by atoms with Crippen molar-refractivity contribution in [2.45, 2.75) is 32.4 Å². The second-order valence-electron chi connectivity index (χ2n) is 7.41. The number of imide groups is 1. The van der Waals surface area contributed by atoms with Gasteiger partial charge in [-0.3, -0.25) is 14.5 Å². The Bertz CT molecular complexity index is 957. The first kappa shape index (κ1) is 20.2. The van der Waals surface area contributed by atoms with E-state index in [1.165, 1.54) is 10.5 Å². The van der Waals surface area contributed by atoms with Crippen molar-refractivity contribution in [1.82, 2.24) is 4.90 Å². The minimum atomic E-state index is -0.453. The Kier molecular flexibility index (Phi) is 5.63. The third-order valence-corrected chi connectivity index (χ3v) is 5.72. The molecular weight excluding hydrogens is 384 g/mol. The molecule has 1 saturated heterocycles. The Balaban J connectivity index is 1.53. The minimum Gasteiger partial charge on any atom is -0.494 e. The number of methoxy groups -OCH3 is 2. The van der Waals surface area contributed by atoms with Crippen LogP contribution in [0, 0.1) is 0 Å². The summed E-state index contributed by atoms with van der Waals surface area (Å²) in [6.45, 7) is 3.78. The number of nitrogens with zero attached hydrogens (tertiary/aromatic N) is 2. The van der Waals surface area contributed by atoms with Gasteiger partial charge in [0.15, 0.2) is 11.5 Å². The van der Waals surface area contributed by atoms with E-state index in [4.69, 9.17) is 14.2 Å². The summed E-state index contributed by atoms with van der Waals surface area (Å²) in [6, 6.07) is 10.6. The summed E-state index contributed by atoms with van der Waals surface area (Å²) < 4.78 is 16.3. The lowest BCUT2D eigenvalue weighted by Crippen LogP contribution is -2.44. The monoisotopic (exact) mass is 410 g/mol. The first-order valence-corrected chi connectivity index (χ1v) is 10.1. The molecule has 2 aliphatic rings. The fourth-order valence-electron chi connectivity index (χ4n) is 4.20. The van der Waals surface area contributed by atoms with Gasteiger partial charge in [-0.1, -0.05) is 0 Å². The summed E-state index contributed by atoms with van der Waals surface area (Å²) in [5.74, 6) is 1.75. The molecule has 2 amide bonds. The van der Waals surface area contributed by atoms with E-state index in [-0.39, 0.29) is 18.2 Å². The van der Waals surface area contributed by atoms with Crippen LogP contribution in [-0.2, 0) is 22.6 Å². The van der Waals surface area contributed by atoms with Crippen LogP contribution in [-0.4, -0.2) is 50.1 Å². The van der Waals surface area contributed by atoms with Crippen LogP contribution in [0.3, 0.4) is 0 Å². The van der Waals surface area contributed by atoms with Crippen LogP contribution in [0.15, 0.2) is 36.4 Å². The van der Waals surface area contributed by atoms with Crippen LogP contribution in [0.4, 0.5) is 5.69 Å². The third-order valence-electron chi connectivity index (χ3n) is 5.72. The van der Waals surface area contributed by atoms with Crippen molar-refractivity contribution in [2.24, 2.45) is 0 Å². The first-order valence-electron chi connectivity index (χ1n) is 10.1. The molecule has 2 aromatic rings. The Hall–Kier alpha value is -3.06. The molecule has 0 unspecified atom stereocenters. The Morgan fingerprint density at radius 3 is 2.30 bits per heavy atom. The van der Waals surface area contributed by atoms with Gasteiger partial charge in [0, 0.05) is 13.1 Å². The number of hydrogen-bond donors (Lipinski definition) is 0. The van der Waals surface area contributed by atoms with Gasteiger partial charge in [-0.2, -0.15) is 0 Å². The summed E-state index contributed by atoms with van der Waals surface area (Å²) in [5, 5.41) is 0. The van der Waals surface area contributed by atoms with E-state index >= 15 is 0 Å². The van der Waals surface area contributed by atoms with Crippen LogP contribution in [0.5, 0.6) is 17.2 Å². The normalized spacial score (nSPS) is 19.0. The number of amides is 2. The molecule has 0 aromatic heterocycles. The van der Waals surface area contributed by atoms with Gasteiger partial charge < -0.3 is 14.2 Å². The first-order chi connectivity index (χ1) is 14.5. The molecule has 158 valence electrons. The van der Waals surface area contributed by atoms with Gasteiger partial charge in [-0.15, -0.1) is 0 Å². The molecule has 0 spiro atoms. The van der Waals surface area contributed by atoms with E-state index in [1.807, 2.05) is 19.1 Å². The predicted molar refractivity (Wildman–Crippen MR) is 112 cm³/mol. The SMILES string of the molecule is CCOc1ccc(N2C(=O)C[C@H](N3CCc4cc(OC)c(OC)cc4C3)C2=O)cc1. The Labute approximate surface area is 176 Å². The maximum atomic E-state index is 13.1. The summed E-state index contributed by atoms with van der Waals surface area (Å²) in [6.07, 6.45) is 0.978. The maximum Gasteiger partial charge on any atom is 0.251 e. The zero-order valence-corrected chi connectivity index (χ0v) is 17.5. The van der Waals surface area contributed by atoms with Crippen LogP contribution in [0.1, 0.15) is 24.5 Å². The van der Waals surface area contributed by atoms with Crippen LogP contribution in [0.25, 0.3) is 0 Å². The van der Waals surface area contributed by atoms with E-state index < -0.39 is 6.04 Å². The lowest BCUT2D eigenvalue weighted by atomic mass is 9.97. The number of carbonyl (C=O) groups is 2. The highest BCUT2D eigenvalue weighted by Gasteiger charge is 2.43. The average Bonchev–Trinajstić information content (AvgIpc) is 3.07. The predicted octanol–water partition coefficient (Wildman–Crippen LogP) is 2.79. The van der Waals surface area contributed by atoms with Crippen molar-refractivity contribution in [3.8, 4) is 17.2 Å². The molecule has 7 heteroatoms. The van der Waals surface area contributed by atoms with Gasteiger partial charge in [0.05, 0.1) is 39.0 Å². The second kappa shape index (κ2) is 8.36. The highest BCUT2D eigenvalue weighted by molar-refractivity contribution is 6.22. The van der Waals surface area contributed by atoms with Crippen LogP contribution < -0.4 is 19.1 Å². The molecule has 0 bridgehead atoms. The molecule has 30 heavy (non-hydrogen) atoms. The Morgan fingerprint density at radius 1 is 1.00 bits per heavy atom. The van der Waals surface area contributed by atoms with Gasteiger partial charge in [-0.25, -0.2) is 4.90 Å². The zero-order valence-electron chi connectivity index (χ0n) is 17.5. The minimum absolute atomic E-state index is 0.173. The number of ether oxygens (including phenoxy) is 3. The molecule has 2 aliphatic heterocycles. The third kappa shape index (κ3) is 3.61. The van der Waals surface area contributed by atoms with Crippen LogP contribution in [0.2, 0.25) is 0 Å². The molecule has 0 saturated carbocycles. The Morgan fingerprint density at radius 2 is 1.67 bits per heavy atom. The van der Waals surface area contributed by atoms with Crippen molar-refractivity contribution in [3.63, 3.8) is 0 Å². The van der Waals surface area contributed by atoms with Gasteiger partial charge >= 0.3 is 0 Å². The molecular formula is C23H26N2O5. The summed E-state index contributed by atoms with van der Waals surface area (Å²) in [5.41, 5.74) is 2.86. The lowest BCUT2D eigenvalue weighted by Gasteiger charge is -2.32. The largest absolute Gasteiger partial charge is 0.494 e. The molecule has 1 atom stereocenters. The number of carbonyl (C=O) groups excluding carboxylic acids is 2. The summed E-state index contributed by atoms with van der Waals surface area (Å²) >= 11 is 0. The quantitative estimate of drug-likeness (QED) is 0.683. The molecule has 0 aliphatic carbocycles. The molecule has 4 rings (SSSR count). The van der Waals surface area contributed by atoms with E-state index in [9.17, 15) is 9.59 Å². The van der Waals surface area contributed by atoms with Gasteiger partial charge in [0.25, 0.3) is 5.91 Å². The number of rotatable bonds is 6. The van der Waals surface area contributed by atoms with Crippen molar-refractivity contribution < 1.29 is 23.8 Å². The number of benzene rings is 2.